The van der Waals surface area contributed by atoms with Gasteiger partial charge >= 0.3 is 0 Å². The molecule has 0 saturated carbocycles. The van der Waals surface area contributed by atoms with Gasteiger partial charge in [-0.05, 0) is 36.4 Å². The van der Waals surface area contributed by atoms with E-state index in [4.69, 9.17) is 0 Å². The number of aromatic amines is 1. The van der Waals surface area contributed by atoms with E-state index < -0.39 is 0 Å². The summed E-state index contributed by atoms with van der Waals surface area (Å²) in [7, 11) is 0. The molecule has 0 unspecified atom stereocenters. The molecule has 0 saturated heterocycles. The van der Waals surface area contributed by atoms with Crippen LogP contribution < -0.4 is 16.4 Å². The van der Waals surface area contributed by atoms with Gasteiger partial charge < -0.3 is 4.98 Å². The Morgan fingerprint density at radius 2 is 1.45 bits per heavy atom. The Kier molecular flexibility index (Phi) is 5.39. The molecule has 0 atom stereocenters. The molecule has 3 N–H and O–H groups in total. The SMILES string of the molecule is O=c1[nH]c2ccccc2nc1C(C=NNc1ccccc1)=NNc1ccccc1. The minimum absolute atomic E-state index is 0.172. The van der Waals surface area contributed by atoms with Crippen molar-refractivity contribution in [3.05, 3.63) is 101 Å². The predicted molar refractivity (Wildman–Crippen MR) is 118 cm³/mol. The molecular weight excluding hydrogens is 364 g/mol. The molecule has 0 spiro atoms. The zero-order valence-corrected chi connectivity index (χ0v) is 15.4. The van der Waals surface area contributed by atoms with Gasteiger partial charge in [-0.3, -0.25) is 15.6 Å². The summed E-state index contributed by atoms with van der Waals surface area (Å²) in [6.07, 6.45) is 1.47. The van der Waals surface area contributed by atoms with Gasteiger partial charge in [0.25, 0.3) is 5.56 Å². The Morgan fingerprint density at radius 1 is 0.828 bits per heavy atom. The van der Waals surface area contributed by atoms with Crippen LogP contribution >= 0.6 is 0 Å². The monoisotopic (exact) mass is 382 g/mol. The van der Waals surface area contributed by atoms with E-state index in [0.717, 1.165) is 11.4 Å². The smallest absolute Gasteiger partial charge is 0.276 e. The number of hydrazone groups is 2. The fraction of sp³-hybridized carbons (Fsp3) is 0. The van der Waals surface area contributed by atoms with Gasteiger partial charge in [0.05, 0.1) is 28.6 Å². The number of para-hydroxylation sites is 4. The fourth-order valence-electron chi connectivity index (χ4n) is 2.66. The molecule has 0 radical (unpaired) electrons. The third kappa shape index (κ3) is 4.54. The van der Waals surface area contributed by atoms with Crippen molar-refractivity contribution in [3.63, 3.8) is 0 Å². The van der Waals surface area contributed by atoms with Crippen LogP contribution in [0.15, 0.2) is 99.9 Å². The second-order valence-corrected chi connectivity index (χ2v) is 6.14. The van der Waals surface area contributed by atoms with Gasteiger partial charge in [-0.15, -0.1) is 0 Å². The minimum atomic E-state index is -0.344. The van der Waals surface area contributed by atoms with Crippen LogP contribution in [0.2, 0.25) is 0 Å². The van der Waals surface area contributed by atoms with E-state index in [1.165, 1.54) is 6.21 Å². The molecule has 0 amide bonds. The number of nitrogens with one attached hydrogen (secondary N) is 3. The van der Waals surface area contributed by atoms with Gasteiger partial charge in [-0.25, -0.2) is 4.98 Å². The number of hydrogen-bond acceptors (Lipinski definition) is 6. The first kappa shape index (κ1) is 18.1. The van der Waals surface area contributed by atoms with Crippen molar-refractivity contribution in [1.29, 1.82) is 0 Å². The van der Waals surface area contributed by atoms with E-state index in [2.05, 4.69) is 31.0 Å². The van der Waals surface area contributed by atoms with Crippen molar-refractivity contribution in [3.8, 4) is 0 Å². The number of H-pyrrole nitrogens is 1. The number of hydrogen-bond donors (Lipinski definition) is 3. The Labute approximate surface area is 166 Å². The largest absolute Gasteiger partial charge is 0.319 e. The molecule has 0 fully saturated rings. The number of anilines is 2. The Bertz CT molecular complexity index is 1220. The van der Waals surface area contributed by atoms with Crippen LogP contribution in [0.25, 0.3) is 11.0 Å². The number of rotatable bonds is 6. The zero-order chi connectivity index (χ0) is 19.9. The van der Waals surface area contributed by atoms with Crippen LogP contribution in [-0.2, 0) is 0 Å². The Balaban J connectivity index is 1.69. The van der Waals surface area contributed by atoms with E-state index in [0.29, 0.717) is 16.7 Å². The van der Waals surface area contributed by atoms with Crippen LogP contribution in [0.5, 0.6) is 0 Å². The van der Waals surface area contributed by atoms with Gasteiger partial charge in [0, 0.05) is 0 Å². The Morgan fingerprint density at radius 3 is 2.17 bits per heavy atom. The summed E-state index contributed by atoms with van der Waals surface area (Å²) < 4.78 is 0. The van der Waals surface area contributed by atoms with Gasteiger partial charge in [0.2, 0.25) is 0 Å². The highest BCUT2D eigenvalue weighted by Crippen LogP contribution is 2.09. The van der Waals surface area contributed by atoms with E-state index >= 15 is 0 Å². The highest BCUT2D eigenvalue weighted by molar-refractivity contribution is 6.37. The lowest BCUT2D eigenvalue weighted by Gasteiger charge is -2.05. The van der Waals surface area contributed by atoms with Gasteiger partial charge in [-0.1, -0.05) is 48.5 Å². The standard InChI is InChI=1S/C22H18N6O/c29-22-21(24-18-13-7-8-14-19(18)25-22)20(28-27-17-11-5-2-6-12-17)15-23-26-16-9-3-1-4-10-16/h1-15,26-27H,(H,25,29). The third-order valence-corrected chi connectivity index (χ3v) is 4.08. The van der Waals surface area contributed by atoms with Crippen LogP contribution in [0.4, 0.5) is 11.4 Å². The first-order chi connectivity index (χ1) is 14.3. The van der Waals surface area contributed by atoms with Crippen LogP contribution in [0, 0.1) is 0 Å². The van der Waals surface area contributed by atoms with E-state index in [1.54, 1.807) is 6.07 Å². The fourth-order valence-corrected chi connectivity index (χ4v) is 2.66. The maximum atomic E-state index is 12.6. The lowest BCUT2D eigenvalue weighted by atomic mass is 10.2. The molecule has 0 aliphatic rings. The van der Waals surface area contributed by atoms with E-state index in [-0.39, 0.29) is 11.3 Å². The summed E-state index contributed by atoms with van der Waals surface area (Å²) >= 11 is 0. The van der Waals surface area contributed by atoms with Gasteiger partial charge in [-0.2, -0.15) is 10.2 Å². The molecular formula is C22H18N6O. The maximum Gasteiger partial charge on any atom is 0.276 e. The molecule has 0 aliphatic carbocycles. The molecule has 142 valence electrons. The summed E-state index contributed by atoms with van der Waals surface area (Å²) in [5.74, 6) is 0. The van der Waals surface area contributed by atoms with Crippen molar-refractivity contribution >= 4 is 34.3 Å². The lowest BCUT2D eigenvalue weighted by molar-refractivity contribution is 1.18. The first-order valence-electron chi connectivity index (χ1n) is 9.02. The van der Waals surface area contributed by atoms with E-state index in [1.807, 2.05) is 78.9 Å². The highest BCUT2D eigenvalue weighted by atomic mass is 16.1. The topological polar surface area (TPSA) is 94.5 Å². The summed E-state index contributed by atoms with van der Waals surface area (Å²) in [6, 6.07) is 26.3. The average molecular weight is 382 g/mol. The Hall–Kier alpha value is -4.26. The highest BCUT2D eigenvalue weighted by Gasteiger charge is 2.11. The van der Waals surface area contributed by atoms with Gasteiger partial charge in [0.15, 0.2) is 5.69 Å². The third-order valence-electron chi connectivity index (χ3n) is 4.08. The number of aromatic nitrogens is 2. The number of fused-ring (bicyclic) bond motifs is 1. The van der Waals surface area contributed by atoms with Crippen LogP contribution in [-0.4, -0.2) is 21.9 Å². The molecule has 29 heavy (non-hydrogen) atoms. The lowest BCUT2D eigenvalue weighted by Crippen LogP contribution is -2.23. The quantitative estimate of drug-likeness (QED) is 0.349. The van der Waals surface area contributed by atoms with Crippen molar-refractivity contribution in [1.82, 2.24) is 9.97 Å². The van der Waals surface area contributed by atoms with Crippen molar-refractivity contribution < 1.29 is 0 Å². The molecule has 3 aromatic carbocycles. The molecule has 4 rings (SSSR count). The van der Waals surface area contributed by atoms with Gasteiger partial charge in [0.1, 0.15) is 5.71 Å². The van der Waals surface area contributed by atoms with Crippen molar-refractivity contribution in [2.24, 2.45) is 10.2 Å². The number of nitrogens with zero attached hydrogens (tertiary/aromatic N) is 3. The van der Waals surface area contributed by atoms with Crippen molar-refractivity contribution in [2.45, 2.75) is 0 Å². The summed E-state index contributed by atoms with van der Waals surface area (Å²) in [5, 5.41) is 8.57. The number of benzene rings is 3. The average Bonchev–Trinajstić information content (AvgIpc) is 2.77. The molecule has 7 heteroatoms. The van der Waals surface area contributed by atoms with E-state index in [9.17, 15) is 4.79 Å². The molecule has 1 aromatic heterocycles. The summed E-state index contributed by atoms with van der Waals surface area (Å²) in [6.45, 7) is 0. The normalized spacial score (nSPS) is 11.7. The zero-order valence-electron chi connectivity index (χ0n) is 15.4. The molecule has 0 bridgehead atoms. The molecule has 0 aliphatic heterocycles. The summed E-state index contributed by atoms with van der Waals surface area (Å²) in [5.41, 5.74) is 8.92. The van der Waals surface area contributed by atoms with Crippen LogP contribution in [0.1, 0.15) is 5.69 Å². The predicted octanol–water partition coefficient (Wildman–Crippen LogP) is 3.84. The molecule has 4 aromatic rings. The first-order valence-corrected chi connectivity index (χ1v) is 9.02. The summed E-state index contributed by atoms with van der Waals surface area (Å²) in [4.78, 5) is 19.9. The van der Waals surface area contributed by atoms with Crippen LogP contribution in [0.3, 0.4) is 0 Å². The molecule has 1 heterocycles. The molecule has 7 nitrogen and oxygen atoms in total. The minimum Gasteiger partial charge on any atom is -0.319 e. The maximum absolute atomic E-state index is 12.6. The second kappa shape index (κ2) is 8.62. The van der Waals surface area contributed by atoms with Crippen molar-refractivity contribution in [2.75, 3.05) is 10.9 Å². The second-order valence-electron chi connectivity index (χ2n) is 6.14.